The van der Waals surface area contributed by atoms with E-state index in [1.807, 2.05) is 0 Å². The third kappa shape index (κ3) is 2.79. The maximum atomic E-state index is 5.36. The number of methoxy groups -OCH3 is 1. The van der Waals surface area contributed by atoms with Gasteiger partial charge in [0, 0.05) is 6.61 Å². The molecule has 1 aliphatic heterocycles. The lowest BCUT2D eigenvalue weighted by Gasteiger charge is -2.22. The number of ether oxygens (including phenoxy) is 2. The Bertz CT molecular complexity index is 296. The fraction of sp³-hybridized carbons (Fsp3) is 0.600. The summed E-state index contributed by atoms with van der Waals surface area (Å²) in [7, 11) is 1.60. The summed E-state index contributed by atoms with van der Waals surface area (Å²) in [6.45, 7) is 1.59. The minimum Gasteiger partial charge on any atom is -0.494 e. The molecule has 0 aromatic carbocycles. The summed E-state index contributed by atoms with van der Waals surface area (Å²) in [6, 6.07) is 0.326. The van der Waals surface area contributed by atoms with Crippen LogP contribution in [0.5, 0.6) is 5.75 Å². The standard InChI is InChI=1S/C10H15N3O2/c1-14-9-5-11-10(12-6-9)13-8-3-2-4-15-7-8/h5-6,8H,2-4,7H2,1H3,(H,11,12,13). The molecule has 1 saturated heterocycles. The molecule has 5 nitrogen and oxygen atoms in total. The topological polar surface area (TPSA) is 56.3 Å². The Balaban J connectivity index is 1.91. The molecular formula is C10H15N3O2. The van der Waals surface area contributed by atoms with Crippen LogP contribution in [-0.4, -0.2) is 36.3 Å². The SMILES string of the molecule is COc1cnc(NC2CCCOC2)nc1. The quantitative estimate of drug-likeness (QED) is 0.807. The molecule has 0 bridgehead atoms. The summed E-state index contributed by atoms with van der Waals surface area (Å²) in [5.74, 6) is 1.30. The summed E-state index contributed by atoms with van der Waals surface area (Å²) in [4.78, 5) is 8.28. The van der Waals surface area contributed by atoms with Crippen molar-refractivity contribution >= 4 is 5.95 Å². The highest BCUT2D eigenvalue weighted by atomic mass is 16.5. The Morgan fingerprint density at radius 3 is 2.87 bits per heavy atom. The van der Waals surface area contributed by atoms with Crippen molar-refractivity contribution in [2.75, 3.05) is 25.6 Å². The molecule has 2 rings (SSSR count). The molecular weight excluding hydrogens is 194 g/mol. The molecule has 1 atom stereocenters. The first-order valence-electron chi connectivity index (χ1n) is 5.09. The highest BCUT2D eigenvalue weighted by molar-refractivity contribution is 5.28. The number of aromatic nitrogens is 2. The summed E-state index contributed by atoms with van der Waals surface area (Å²) in [5, 5.41) is 3.23. The van der Waals surface area contributed by atoms with Crippen LogP contribution in [0.15, 0.2) is 12.4 Å². The van der Waals surface area contributed by atoms with Gasteiger partial charge < -0.3 is 14.8 Å². The van der Waals surface area contributed by atoms with Gasteiger partial charge in [-0.1, -0.05) is 0 Å². The summed E-state index contributed by atoms with van der Waals surface area (Å²) < 4.78 is 10.3. The van der Waals surface area contributed by atoms with Gasteiger partial charge >= 0.3 is 0 Å². The van der Waals surface area contributed by atoms with Crippen LogP contribution < -0.4 is 10.1 Å². The highest BCUT2D eigenvalue weighted by Gasteiger charge is 2.14. The summed E-state index contributed by atoms with van der Waals surface area (Å²) in [5.41, 5.74) is 0. The molecule has 82 valence electrons. The average molecular weight is 209 g/mol. The lowest BCUT2D eigenvalue weighted by Crippen LogP contribution is -2.30. The van der Waals surface area contributed by atoms with Crippen molar-refractivity contribution in [3.8, 4) is 5.75 Å². The average Bonchev–Trinajstić information content (AvgIpc) is 2.31. The Hall–Kier alpha value is -1.36. The Morgan fingerprint density at radius 1 is 1.47 bits per heavy atom. The predicted octanol–water partition coefficient (Wildman–Crippen LogP) is 1.08. The highest BCUT2D eigenvalue weighted by Crippen LogP contribution is 2.12. The van der Waals surface area contributed by atoms with Crippen molar-refractivity contribution in [3.05, 3.63) is 12.4 Å². The van der Waals surface area contributed by atoms with Crippen LogP contribution in [0.1, 0.15) is 12.8 Å². The van der Waals surface area contributed by atoms with Gasteiger partial charge in [0.2, 0.25) is 5.95 Å². The molecule has 0 aliphatic carbocycles. The number of hydrogen-bond donors (Lipinski definition) is 1. The van der Waals surface area contributed by atoms with Gasteiger partial charge in [-0.15, -0.1) is 0 Å². The zero-order chi connectivity index (χ0) is 10.5. The smallest absolute Gasteiger partial charge is 0.223 e. The van der Waals surface area contributed by atoms with Crippen molar-refractivity contribution in [3.63, 3.8) is 0 Å². The number of rotatable bonds is 3. The van der Waals surface area contributed by atoms with Crippen molar-refractivity contribution in [1.29, 1.82) is 0 Å². The zero-order valence-electron chi connectivity index (χ0n) is 8.77. The van der Waals surface area contributed by atoms with Crippen LogP contribution in [0.3, 0.4) is 0 Å². The molecule has 0 amide bonds. The number of nitrogens with zero attached hydrogens (tertiary/aromatic N) is 2. The maximum Gasteiger partial charge on any atom is 0.223 e. The largest absolute Gasteiger partial charge is 0.494 e. The fourth-order valence-electron chi connectivity index (χ4n) is 1.53. The molecule has 0 radical (unpaired) electrons. The third-order valence-electron chi connectivity index (χ3n) is 2.36. The van der Waals surface area contributed by atoms with Gasteiger partial charge in [-0.25, -0.2) is 9.97 Å². The van der Waals surface area contributed by atoms with E-state index in [-0.39, 0.29) is 0 Å². The van der Waals surface area contributed by atoms with E-state index in [0.717, 1.165) is 26.1 Å². The van der Waals surface area contributed by atoms with E-state index in [2.05, 4.69) is 15.3 Å². The van der Waals surface area contributed by atoms with Crippen LogP contribution in [0, 0.1) is 0 Å². The van der Waals surface area contributed by atoms with E-state index in [0.29, 0.717) is 17.7 Å². The number of hydrogen-bond acceptors (Lipinski definition) is 5. The Labute approximate surface area is 88.8 Å². The van der Waals surface area contributed by atoms with E-state index < -0.39 is 0 Å². The Morgan fingerprint density at radius 2 is 2.27 bits per heavy atom. The Kier molecular flexibility index (Phi) is 3.34. The van der Waals surface area contributed by atoms with E-state index >= 15 is 0 Å². The van der Waals surface area contributed by atoms with Crippen LogP contribution in [-0.2, 0) is 4.74 Å². The minimum atomic E-state index is 0.326. The molecule has 1 aliphatic rings. The summed E-state index contributed by atoms with van der Waals surface area (Å²) >= 11 is 0. The molecule has 2 heterocycles. The maximum absolute atomic E-state index is 5.36. The molecule has 5 heteroatoms. The molecule has 1 aromatic heterocycles. The van der Waals surface area contributed by atoms with Gasteiger partial charge in [0.25, 0.3) is 0 Å². The van der Waals surface area contributed by atoms with Gasteiger partial charge in [0.1, 0.15) is 0 Å². The van der Waals surface area contributed by atoms with Gasteiger partial charge in [-0.2, -0.15) is 0 Å². The fourth-order valence-corrected chi connectivity index (χ4v) is 1.53. The van der Waals surface area contributed by atoms with Crippen molar-refractivity contribution in [2.45, 2.75) is 18.9 Å². The third-order valence-corrected chi connectivity index (χ3v) is 2.36. The van der Waals surface area contributed by atoms with E-state index in [1.54, 1.807) is 19.5 Å². The molecule has 1 aromatic rings. The number of nitrogens with one attached hydrogen (secondary N) is 1. The van der Waals surface area contributed by atoms with E-state index in [9.17, 15) is 0 Å². The number of anilines is 1. The second-order valence-electron chi connectivity index (χ2n) is 3.50. The van der Waals surface area contributed by atoms with Crippen molar-refractivity contribution in [2.24, 2.45) is 0 Å². The molecule has 0 spiro atoms. The van der Waals surface area contributed by atoms with E-state index in [1.165, 1.54) is 0 Å². The monoisotopic (exact) mass is 209 g/mol. The molecule has 0 saturated carbocycles. The van der Waals surface area contributed by atoms with Crippen LogP contribution >= 0.6 is 0 Å². The van der Waals surface area contributed by atoms with Gasteiger partial charge in [-0.05, 0) is 12.8 Å². The van der Waals surface area contributed by atoms with Gasteiger partial charge in [-0.3, -0.25) is 0 Å². The summed E-state index contributed by atoms with van der Waals surface area (Å²) in [6.07, 6.45) is 5.50. The molecule has 1 fully saturated rings. The first-order valence-corrected chi connectivity index (χ1v) is 5.09. The van der Waals surface area contributed by atoms with Gasteiger partial charge in [0.15, 0.2) is 5.75 Å². The first-order chi connectivity index (χ1) is 7.38. The van der Waals surface area contributed by atoms with Crippen molar-refractivity contribution < 1.29 is 9.47 Å². The lowest BCUT2D eigenvalue weighted by molar-refractivity contribution is 0.0874. The van der Waals surface area contributed by atoms with Crippen LogP contribution in [0.4, 0.5) is 5.95 Å². The van der Waals surface area contributed by atoms with Crippen LogP contribution in [0.25, 0.3) is 0 Å². The van der Waals surface area contributed by atoms with Crippen LogP contribution in [0.2, 0.25) is 0 Å². The normalized spacial score (nSPS) is 21.0. The minimum absolute atomic E-state index is 0.326. The predicted molar refractivity (Wildman–Crippen MR) is 56.0 cm³/mol. The zero-order valence-corrected chi connectivity index (χ0v) is 8.77. The molecule has 15 heavy (non-hydrogen) atoms. The molecule has 1 unspecified atom stereocenters. The van der Waals surface area contributed by atoms with Crippen molar-refractivity contribution in [1.82, 2.24) is 9.97 Å². The molecule has 1 N–H and O–H groups in total. The van der Waals surface area contributed by atoms with E-state index in [4.69, 9.17) is 9.47 Å². The second-order valence-corrected chi connectivity index (χ2v) is 3.50. The first kappa shape index (κ1) is 10.2. The lowest BCUT2D eigenvalue weighted by atomic mass is 10.1. The van der Waals surface area contributed by atoms with Gasteiger partial charge in [0.05, 0.1) is 32.2 Å². The second kappa shape index (κ2) is 4.93.